The molecule has 0 bridgehead atoms. The van der Waals surface area contributed by atoms with Crippen molar-refractivity contribution < 1.29 is 19.1 Å². The molecule has 0 fully saturated rings. The predicted octanol–water partition coefficient (Wildman–Crippen LogP) is 1.84. The number of anilines is 1. The molecule has 0 unspecified atom stereocenters. The Morgan fingerprint density at radius 3 is 2.70 bits per heavy atom. The smallest absolute Gasteiger partial charge is 0.360 e. The van der Waals surface area contributed by atoms with Crippen LogP contribution in [0.4, 0.5) is 5.69 Å². The number of carbonyl (C=O) groups excluding carboxylic acids is 2. The first kappa shape index (κ1) is 16.5. The summed E-state index contributed by atoms with van der Waals surface area (Å²) in [5.74, 6) is -0.382. The van der Waals surface area contributed by atoms with Crippen molar-refractivity contribution in [3.05, 3.63) is 41.2 Å². The highest BCUT2D eigenvalue weighted by Crippen LogP contribution is 2.20. The van der Waals surface area contributed by atoms with Crippen LogP contribution in [-0.4, -0.2) is 35.4 Å². The monoisotopic (exact) mass is 317 g/mol. The Bertz CT molecular complexity index is 737. The summed E-state index contributed by atoms with van der Waals surface area (Å²) in [6.45, 7) is 3.52. The molecule has 2 rings (SSSR count). The molecule has 0 radical (unpaired) electrons. The lowest BCUT2D eigenvalue weighted by molar-refractivity contribution is -0.118. The van der Waals surface area contributed by atoms with Crippen molar-refractivity contribution in [2.24, 2.45) is 7.05 Å². The van der Waals surface area contributed by atoms with E-state index in [0.717, 1.165) is 5.56 Å². The number of ether oxygens (including phenoxy) is 2. The van der Waals surface area contributed by atoms with Crippen LogP contribution in [0, 0.1) is 13.8 Å². The fourth-order valence-corrected chi connectivity index (χ4v) is 2.03. The van der Waals surface area contributed by atoms with Gasteiger partial charge < -0.3 is 14.8 Å². The Balaban J connectivity index is 2.07. The van der Waals surface area contributed by atoms with E-state index in [2.05, 4.69) is 15.2 Å². The van der Waals surface area contributed by atoms with Crippen molar-refractivity contribution in [1.29, 1.82) is 0 Å². The molecule has 7 nitrogen and oxygen atoms in total. The van der Waals surface area contributed by atoms with Gasteiger partial charge >= 0.3 is 5.97 Å². The van der Waals surface area contributed by atoms with E-state index < -0.39 is 5.97 Å². The Hall–Kier alpha value is -2.83. The highest BCUT2D eigenvalue weighted by Gasteiger charge is 2.22. The molecule has 0 saturated heterocycles. The number of hydrogen-bond donors (Lipinski definition) is 1. The average molecular weight is 317 g/mol. The quantitative estimate of drug-likeness (QED) is 0.851. The first-order valence-corrected chi connectivity index (χ1v) is 7.03. The number of rotatable bonds is 5. The van der Waals surface area contributed by atoms with E-state index >= 15 is 0 Å². The second-order valence-electron chi connectivity index (χ2n) is 5.08. The van der Waals surface area contributed by atoms with Crippen molar-refractivity contribution in [3.8, 4) is 5.75 Å². The van der Waals surface area contributed by atoms with Crippen LogP contribution in [0.5, 0.6) is 5.75 Å². The van der Waals surface area contributed by atoms with Gasteiger partial charge in [-0.15, -0.1) is 0 Å². The molecule has 1 aromatic carbocycles. The summed E-state index contributed by atoms with van der Waals surface area (Å²) in [7, 11) is 2.94. The Morgan fingerprint density at radius 2 is 2.04 bits per heavy atom. The minimum absolute atomic E-state index is 0.0661. The van der Waals surface area contributed by atoms with Gasteiger partial charge in [0, 0.05) is 7.05 Å². The Morgan fingerprint density at radius 1 is 1.30 bits per heavy atom. The molecule has 122 valence electrons. The summed E-state index contributed by atoms with van der Waals surface area (Å²) in [6, 6.07) is 7.40. The maximum Gasteiger partial charge on any atom is 0.360 e. The summed E-state index contributed by atoms with van der Waals surface area (Å²) in [5.41, 5.74) is 2.09. The molecule has 0 aliphatic heterocycles. The van der Waals surface area contributed by atoms with Gasteiger partial charge in [0.15, 0.2) is 12.3 Å². The Kier molecular flexibility index (Phi) is 5.00. The number of aryl methyl sites for hydroxylation is 2. The first-order chi connectivity index (χ1) is 10.9. The summed E-state index contributed by atoms with van der Waals surface area (Å²) in [5, 5.41) is 6.70. The number of esters is 1. The molecule has 0 aliphatic carbocycles. The fraction of sp³-hybridized carbons (Fsp3) is 0.312. The van der Waals surface area contributed by atoms with Gasteiger partial charge in [-0.2, -0.15) is 5.10 Å². The van der Waals surface area contributed by atoms with Crippen molar-refractivity contribution in [2.45, 2.75) is 13.8 Å². The van der Waals surface area contributed by atoms with Crippen LogP contribution in [0.25, 0.3) is 0 Å². The Labute approximate surface area is 134 Å². The summed E-state index contributed by atoms with van der Waals surface area (Å²) in [4.78, 5) is 23.8. The summed E-state index contributed by atoms with van der Waals surface area (Å²) >= 11 is 0. The third-order valence-corrected chi connectivity index (χ3v) is 3.34. The predicted molar refractivity (Wildman–Crippen MR) is 84.6 cm³/mol. The lowest BCUT2D eigenvalue weighted by atomic mass is 10.2. The van der Waals surface area contributed by atoms with Crippen molar-refractivity contribution in [1.82, 2.24) is 9.78 Å². The van der Waals surface area contributed by atoms with Crippen LogP contribution in [0.1, 0.15) is 21.7 Å². The van der Waals surface area contributed by atoms with Crippen molar-refractivity contribution in [2.75, 3.05) is 19.0 Å². The number of amides is 1. The second kappa shape index (κ2) is 6.95. The highest BCUT2D eigenvalue weighted by atomic mass is 16.5. The standard InChI is InChI=1S/C16H19N3O4/c1-10-6-5-7-12(8-10)23-9-13(20)17-14-11(2)19(3)18-15(14)16(21)22-4/h5-8H,9H2,1-4H3,(H,17,20). The first-order valence-electron chi connectivity index (χ1n) is 7.03. The van der Waals surface area contributed by atoms with E-state index in [1.54, 1.807) is 20.0 Å². The van der Waals surface area contributed by atoms with E-state index in [0.29, 0.717) is 17.1 Å². The molecule has 1 heterocycles. The van der Waals surface area contributed by atoms with Gasteiger partial charge in [-0.1, -0.05) is 12.1 Å². The molecule has 2 aromatic rings. The third-order valence-electron chi connectivity index (χ3n) is 3.34. The van der Waals surface area contributed by atoms with Crippen LogP contribution in [0.15, 0.2) is 24.3 Å². The van der Waals surface area contributed by atoms with Crippen LogP contribution >= 0.6 is 0 Å². The number of benzene rings is 1. The van der Waals surface area contributed by atoms with Gasteiger partial charge in [0.25, 0.3) is 5.91 Å². The molecular weight excluding hydrogens is 298 g/mol. The molecule has 7 heteroatoms. The van der Waals surface area contributed by atoms with Crippen LogP contribution in [0.3, 0.4) is 0 Å². The topological polar surface area (TPSA) is 82.5 Å². The minimum Gasteiger partial charge on any atom is -0.484 e. The average Bonchev–Trinajstić information content (AvgIpc) is 2.80. The van der Waals surface area contributed by atoms with Crippen LogP contribution in [0.2, 0.25) is 0 Å². The van der Waals surface area contributed by atoms with Gasteiger partial charge in [0.05, 0.1) is 18.5 Å². The molecule has 0 spiro atoms. The molecule has 1 N–H and O–H groups in total. The van der Waals surface area contributed by atoms with Gasteiger partial charge in [-0.25, -0.2) is 4.79 Å². The number of hydrogen-bond acceptors (Lipinski definition) is 5. The van der Waals surface area contributed by atoms with E-state index in [1.165, 1.54) is 11.8 Å². The van der Waals surface area contributed by atoms with Gasteiger partial charge in [-0.05, 0) is 31.5 Å². The van der Waals surface area contributed by atoms with E-state index in [4.69, 9.17) is 4.74 Å². The number of aromatic nitrogens is 2. The lowest BCUT2D eigenvalue weighted by Gasteiger charge is -2.08. The minimum atomic E-state index is -0.608. The second-order valence-corrected chi connectivity index (χ2v) is 5.08. The van der Waals surface area contributed by atoms with Gasteiger partial charge in [0.1, 0.15) is 5.75 Å². The van der Waals surface area contributed by atoms with E-state index in [1.807, 2.05) is 25.1 Å². The number of methoxy groups -OCH3 is 1. The molecule has 1 amide bonds. The third kappa shape index (κ3) is 3.88. The number of carbonyl (C=O) groups is 2. The molecule has 1 aromatic heterocycles. The normalized spacial score (nSPS) is 10.3. The van der Waals surface area contributed by atoms with E-state index in [-0.39, 0.29) is 18.2 Å². The summed E-state index contributed by atoms with van der Waals surface area (Å²) < 4.78 is 11.6. The number of nitrogens with zero attached hydrogens (tertiary/aromatic N) is 2. The molecule has 0 atom stereocenters. The maximum absolute atomic E-state index is 12.1. The largest absolute Gasteiger partial charge is 0.484 e. The highest BCUT2D eigenvalue weighted by molar-refractivity contribution is 6.01. The van der Waals surface area contributed by atoms with Gasteiger partial charge in [-0.3, -0.25) is 9.48 Å². The number of nitrogens with one attached hydrogen (secondary N) is 1. The fourth-order valence-electron chi connectivity index (χ4n) is 2.03. The molecule has 0 saturated carbocycles. The van der Waals surface area contributed by atoms with Crippen molar-refractivity contribution in [3.63, 3.8) is 0 Å². The summed E-state index contributed by atoms with van der Waals surface area (Å²) in [6.07, 6.45) is 0. The maximum atomic E-state index is 12.1. The van der Waals surface area contributed by atoms with Gasteiger partial charge in [0.2, 0.25) is 0 Å². The van der Waals surface area contributed by atoms with Crippen LogP contribution in [-0.2, 0) is 16.6 Å². The molecular formula is C16H19N3O4. The van der Waals surface area contributed by atoms with Crippen molar-refractivity contribution >= 4 is 17.6 Å². The zero-order valence-corrected chi connectivity index (χ0v) is 13.5. The van der Waals surface area contributed by atoms with E-state index in [9.17, 15) is 9.59 Å². The molecule has 0 aliphatic rings. The zero-order valence-electron chi connectivity index (χ0n) is 13.5. The zero-order chi connectivity index (χ0) is 17.0. The lowest BCUT2D eigenvalue weighted by Crippen LogP contribution is -2.22. The SMILES string of the molecule is COC(=O)c1nn(C)c(C)c1NC(=O)COc1cccc(C)c1. The van der Waals surface area contributed by atoms with Crippen LogP contribution < -0.4 is 10.1 Å². The molecule has 23 heavy (non-hydrogen) atoms.